The minimum Gasteiger partial charge on any atom is -0.327 e. The molecule has 16 heavy (non-hydrogen) atoms. The van der Waals surface area contributed by atoms with E-state index in [1.807, 2.05) is 0 Å². The lowest BCUT2D eigenvalue weighted by Crippen LogP contribution is -2.37. The van der Waals surface area contributed by atoms with Crippen LogP contribution in [0.15, 0.2) is 0 Å². The SMILES string of the molecule is CCC1CCCCC1C(N)CCC(F)(F)F. The summed E-state index contributed by atoms with van der Waals surface area (Å²) in [7, 11) is 0. The van der Waals surface area contributed by atoms with Gasteiger partial charge in [0.25, 0.3) is 0 Å². The molecular formula is C12H22F3N. The molecule has 3 atom stereocenters. The van der Waals surface area contributed by atoms with Crippen LogP contribution in [0.5, 0.6) is 0 Å². The van der Waals surface area contributed by atoms with Gasteiger partial charge < -0.3 is 5.73 Å². The van der Waals surface area contributed by atoms with Crippen LogP contribution in [0.1, 0.15) is 51.9 Å². The molecule has 0 radical (unpaired) electrons. The predicted octanol–water partition coefficient (Wildman–Crippen LogP) is 3.87. The second kappa shape index (κ2) is 5.89. The minimum absolute atomic E-state index is 0.0880. The van der Waals surface area contributed by atoms with Crippen molar-refractivity contribution < 1.29 is 13.2 Å². The summed E-state index contributed by atoms with van der Waals surface area (Å²) in [6, 6.07) is -0.271. The van der Waals surface area contributed by atoms with E-state index in [9.17, 15) is 13.2 Å². The van der Waals surface area contributed by atoms with Crippen LogP contribution in [0.25, 0.3) is 0 Å². The quantitative estimate of drug-likeness (QED) is 0.789. The summed E-state index contributed by atoms with van der Waals surface area (Å²) in [6.45, 7) is 2.11. The van der Waals surface area contributed by atoms with Crippen LogP contribution in [-0.4, -0.2) is 12.2 Å². The Kier molecular flexibility index (Phi) is 5.09. The van der Waals surface area contributed by atoms with E-state index < -0.39 is 12.6 Å². The first-order valence-electron chi connectivity index (χ1n) is 6.26. The summed E-state index contributed by atoms with van der Waals surface area (Å²) in [6.07, 6.45) is 0.824. The number of rotatable bonds is 4. The normalized spacial score (nSPS) is 29.1. The van der Waals surface area contributed by atoms with Gasteiger partial charge in [0, 0.05) is 12.5 Å². The molecule has 0 heterocycles. The van der Waals surface area contributed by atoms with E-state index in [2.05, 4.69) is 6.92 Å². The van der Waals surface area contributed by atoms with Crippen molar-refractivity contribution in [1.29, 1.82) is 0 Å². The third-order valence-corrected chi connectivity index (χ3v) is 3.80. The lowest BCUT2D eigenvalue weighted by molar-refractivity contribution is -0.137. The van der Waals surface area contributed by atoms with E-state index in [0.29, 0.717) is 11.8 Å². The summed E-state index contributed by atoms with van der Waals surface area (Å²) < 4.78 is 36.3. The van der Waals surface area contributed by atoms with Gasteiger partial charge in [-0.05, 0) is 24.7 Å². The molecule has 0 bridgehead atoms. The second-order valence-corrected chi connectivity index (χ2v) is 4.93. The van der Waals surface area contributed by atoms with Crippen LogP contribution >= 0.6 is 0 Å². The van der Waals surface area contributed by atoms with Crippen LogP contribution in [0.4, 0.5) is 13.2 Å². The van der Waals surface area contributed by atoms with Crippen molar-refractivity contribution in [3.8, 4) is 0 Å². The number of nitrogens with two attached hydrogens (primary N) is 1. The van der Waals surface area contributed by atoms with Gasteiger partial charge in [0.15, 0.2) is 0 Å². The first-order valence-corrected chi connectivity index (χ1v) is 6.26. The van der Waals surface area contributed by atoms with Gasteiger partial charge in [0.1, 0.15) is 0 Å². The van der Waals surface area contributed by atoms with E-state index in [1.165, 1.54) is 6.42 Å². The highest BCUT2D eigenvalue weighted by Gasteiger charge is 2.32. The number of alkyl halides is 3. The minimum atomic E-state index is -4.06. The average Bonchev–Trinajstić information content (AvgIpc) is 2.25. The Labute approximate surface area is 95.6 Å². The van der Waals surface area contributed by atoms with Gasteiger partial charge in [0.05, 0.1) is 0 Å². The molecule has 4 heteroatoms. The molecule has 0 spiro atoms. The molecule has 0 saturated heterocycles. The van der Waals surface area contributed by atoms with Crippen LogP contribution in [0, 0.1) is 11.8 Å². The maximum atomic E-state index is 12.1. The molecule has 1 saturated carbocycles. The lowest BCUT2D eigenvalue weighted by Gasteiger charge is -2.35. The zero-order chi connectivity index (χ0) is 12.2. The molecule has 3 unspecified atom stereocenters. The standard InChI is InChI=1S/C12H22F3N/c1-2-9-5-3-4-6-10(9)11(16)7-8-12(13,14)15/h9-11H,2-8,16H2,1H3. The zero-order valence-electron chi connectivity index (χ0n) is 9.89. The van der Waals surface area contributed by atoms with E-state index in [1.54, 1.807) is 0 Å². The van der Waals surface area contributed by atoms with E-state index >= 15 is 0 Å². The molecule has 0 aromatic heterocycles. The molecule has 1 rings (SSSR count). The topological polar surface area (TPSA) is 26.0 Å². The van der Waals surface area contributed by atoms with Crippen molar-refractivity contribution in [2.75, 3.05) is 0 Å². The highest BCUT2D eigenvalue weighted by Crippen LogP contribution is 2.36. The van der Waals surface area contributed by atoms with Crippen molar-refractivity contribution in [1.82, 2.24) is 0 Å². The molecule has 0 aliphatic heterocycles. The van der Waals surface area contributed by atoms with Crippen LogP contribution < -0.4 is 5.73 Å². The summed E-state index contributed by atoms with van der Waals surface area (Å²) in [5.74, 6) is 0.845. The predicted molar refractivity (Wildman–Crippen MR) is 59.0 cm³/mol. The summed E-state index contributed by atoms with van der Waals surface area (Å²) in [5, 5.41) is 0. The average molecular weight is 237 g/mol. The van der Waals surface area contributed by atoms with Crippen molar-refractivity contribution in [2.24, 2.45) is 17.6 Å². The monoisotopic (exact) mass is 237 g/mol. The van der Waals surface area contributed by atoms with Gasteiger partial charge in [-0.2, -0.15) is 13.2 Å². The van der Waals surface area contributed by atoms with Crippen molar-refractivity contribution >= 4 is 0 Å². The summed E-state index contributed by atoms with van der Waals surface area (Å²) in [5.41, 5.74) is 5.92. The lowest BCUT2D eigenvalue weighted by atomic mass is 9.73. The third-order valence-electron chi connectivity index (χ3n) is 3.80. The van der Waals surface area contributed by atoms with Crippen molar-refractivity contribution in [3.05, 3.63) is 0 Å². The molecular weight excluding hydrogens is 215 g/mol. The molecule has 1 fully saturated rings. The Morgan fingerprint density at radius 2 is 1.88 bits per heavy atom. The zero-order valence-corrected chi connectivity index (χ0v) is 9.89. The first kappa shape index (κ1) is 13.8. The Morgan fingerprint density at radius 1 is 1.25 bits per heavy atom. The van der Waals surface area contributed by atoms with E-state index in [4.69, 9.17) is 5.73 Å². The Balaban J connectivity index is 2.41. The fourth-order valence-electron chi connectivity index (χ4n) is 2.85. The summed E-state index contributed by atoms with van der Waals surface area (Å²) in [4.78, 5) is 0. The van der Waals surface area contributed by atoms with Gasteiger partial charge >= 0.3 is 6.18 Å². The molecule has 0 aromatic rings. The number of hydrogen-bond donors (Lipinski definition) is 1. The fourth-order valence-corrected chi connectivity index (χ4v) is 2.85. The molecule has 1 aliphatic rings. The van der Waals surface area contributed by atoms with Gasteiger partial charge in [0.2, 0.25) is 0 Å². The first-order chi connectivity index (χ1) is 7.44. The molecule has 2 N–H and O–H groups in total. The maximum Gasteiger partial charge on any atom is 0.389 e. The van der Waals surface area contributed by atoms with Crippen LogP contribution in [-0.2, 0) is 0 Å². The fraction of sp³-hybridized carbons (Fsp3) is 1.00. The second-order valence-electron chi connectivity index (χ2n) is 4.93. The van der Waals surface area contributed by atoms with Gasteiger partial charge in [-0.3, -0.25) is 0 Å². The Hall–Kier alpha value is -0.250. The summed E-state index contributed by atoms with van der Waals surface area (Å²) >= 11 is 0. The van der Waals surface area contributed by atoms with E-state index in [0.717, 1.165) is 25.7 Å². The number of halogens is 3. The highest BCUT2D eigenvalue weighted by molar-refractivity contribution is 4.83. The van der Waals surface area contributed by atoms with Gasteiger partial charge in [-0.25, -0.2) is 0 Å². The largest absolute Gasteiger partial charge is 0.389 e. The Bertz CT molecular complexity index is 203. The third kappa shape index (κ3) is 4.32. The highest BCUT2D eigenvalue weighted by atomic mass is 19.4. The maximum absolute atomic E-state index is 12.1. The molecule has 1 nitrogen and oxygen atoms in total. The van der Waals surface area contributed by atoms with Gasteiger partial charge in [-0.1, -0.05) is 32.6 Å². The Morgan fingerprint density at radius 3 is 2.44 bits per heavy atom. The van der Waals surface area contributed by atoms with E-state index in [-0.39, 0.29) is 12.5 Å². The van der Waals surface area contributed by atoms with Gasteiger partial charge in [-0.15, -0.1) is 0 Å². The smallest absolute Gasteiger partial charge is 0.327 e. The van der Waals surface area contributed by atoms with Crippen LogP contribution in [0.3, 0.4) is 0 Å². The van der Waals surface area contributed by atoms with Crippen LogP contribution in [0.2, 0.25) is 0 Å². The molecule has 1 aliphatic carbocycles. The van der Waals surface area contributed by atoms with Crippen molar-refractivity contribution in [2.45, 2.75) is 64.1 Å². The van der Waals surface area contributed by atoms with Crippen molar-refractivity contribution in [3.63, 3.8) is 0 Å². The molecule has 0 aromatic carbocycles. The molecule has 96 valence electrons. The molecule has 0 amide bonds. The number of hydrogen-bond acceptors (Lipinski definition) is 1.